The van der Waals surface area contributed by atoms with Crippen molar-refractivity contribution in [3.63, 3.8) is 0 Å². The monoisotopic (exact) mass is 249 g/mol. The number of rotatable bonds is 6. The fraction of sp³-hybridized carbons (Fsp3) is 0.357. The number of hydrogen-bond acceptors (Lipinski definition) is 3. The van der Waals surface area contributed by atoms with Crippen molar-refractivity contribution < 1.29 is 14.3 Å². The van der Waals surface area contributed by atoms with Crippen LogP contribution in [-0.2, 0) is 4.79 Å². The number of ether oxygens (including phenoxy) is 2. The van der Waals surface area contributed by atoms with E-state index in [1.165, 1.54) is 6.08 Å². The fourth-order valence-corrected chi connectivity index (χ4v) is 1.44. The molecular formula is C14H19NO3. The molecule has 0 radical (unpaired) electrons. The average molecular weight is 249 g/mol. The lowest BCUT2D eigenvalue weighted by Crippen LogP contribution is -2.21. The predicted molar refractivity (Wildman–Crippen MR) is 71.9 cm³/mol. The molecule has 0 saturated heterocycles. The molecule has 1 N–H and O–H groups in total. The molecule has 0 aromatic heterocycles. The Morgan fingerprint density at radius 1 is 1.28 bits per heavy atom. The SMILES string of the molecule is CCCNC(=O)/C=C/c1ccc(OC)c(OC)c1. The normalized spacial score (nSPS) is 10.4. The summed E-state index contributed by atoms with van der Waals surface area (Å²) in [6.45, 7) is 2.70. The van der Waals surface area contributed by atoms with Crippen molar-refractivity contribution in [1.29, 1.82) is 0 Å². The number of methoxy groups -OCH3 is 2. The fourth-order valence-electron chi connectivity index (χ4n) is 1.44. The Labute approximate surface area is 108 Å². The summed E-state index contributed by atoms with van der Waals surface area (Å²) in [7, 11) is 3.17. The van der Waals surface area contributed by atoms with Gasteiger partial charge in [0.15, 0.2) is 11.5 Å². The van der Waals surface area contributed by atoms with Gasteiger partial charge < -0.3 is 14.8 Å². The van der Waals surface area contributed by atoms with Gasteiger partial charge in [-0.15, -0.1) is 0 Å². The Morgan fingerprint density at radius 3 is 2.61 bits per heavy atom. The number of carbonyl (C=O) groups excluding carboxylic acids is 1. The zero-order valence-electron chi connectivity index (χ0n) is 11.0. The van der Waals surface area contributed by atoms with Crippen LogP contribution < -0.4 is 14.8 Å². The molecule has 18 heavy (non-hydrogen) atoms. The standard InChI is InChI=1S/C14H19NO3/c1-4-9-15-14(16)8-6-11-5-7-12(17-2)13(10-11)18-3/h5-8,10H,4,9H2,1-3H3,(H,15,16)/b8-6+. The van der Waals surface area contributed by atoms with Gasteiger partial charge in [0.1, 0.15) is 0 Å². The highest BCUT2D eigenvalue weighted by molar-refractivity contribution is 5.91. The molecule has 4 heteroatoms. The van der Waals surface area contributed by atoms with Crippen LogP contribution in [0.25, 0.3) is 6.08 Å². The van der Waals surface area contributed by atoms with Gasteiger partial charge in [-0.1, -0.05) is 13.0 Å². The van der Waals surface area contributed by atoms with Gasteiger partial charge in [-0.3, -0.25) is 4.79 Å². The molecule has 1 aromatic carbocycles. The molecule has 1 aromatic rings. The maximum atomic E-state index is 11.4. The van der Waals surface area contributed by atoms with Crippen molar-refractivity contribution >= 4 is 12.0 Å². The first kappa shape index (κ1) is 14.1. The number of carbonyl (C=O) groups is 1. The van der Waals surface area contributed by atoms with E-state index in [1.807, 2.05) is 25.1 Å². The van der Waals surface area contributed by atoms with Crippen LogP contribution in [0.3, 0.4) is 0 Å². The first-order valence-electron chi connectivity index (χ1n) is 5.89. The molecule has 0 aliphatic rings. The van der Waals surface area contributed by atoms with Crippen LogP contribution >= 0.6 is 0 Å². The minimum Gasteiger partial charge on any atom is -0.493 e. The van der Waals surface area contributed by atoms with Gasteiger partial charge in [0.05, 0.1) is 14.2 Å². The lowest BCUT2D eigenvalue weighted by molar-refractivity contribution is -0.116. The Balaban J connectivity index is 2.73. The van der Waals surface area contributed by atoms with Gasteiger partial charge in [0, 0.05) is 12.6 Å². The van der Waals surface area contributed by atoms with Crippen LogP contribution in [0.4, 0.5) is 0 Å². The van der Waals surface area contributed by atoms with E-state index in [4.69, 9.17) is 9.47 Å². The second-order valence-corrected chi connectivity index (χ2v) is 3.74. The quantitative estimate of drug-likeness (QED) is 0.786. The zero-order valence-corrected chi connectivity index (χ0v) is 11.0. The maximum absolute atomic E-state index is 11.4. The van der Waals surface area contributed by atoms with Gasteiger partial charge in [-0.2, -0.15) is 0 Å². The molecule has 1 rings (SSSR count). The molecule has 0 spiro atoms. The minimum atomic E-state index is -0.0911. The average Bonchev–Trinajstić information content (AvgIpc) is 2.42. The van der Waals surface area contributed by atoms with Gasteiger partial charge >= 0.3 is 0 Å². The van der Waals surface area contributed by atoms with Crippen molar-refractivity contribution in [2.45, 2.75) is 13.3 Å². The highest BCUT2D eigenvalue weighted by atomic mass is 16.5. The molecule has 0 aliphatic carbocycles. The second kappa shape index (κ2) is 7.37. The summed E-state index contributed by atoms with van der Waals surface area (Å²) in [5, 5.41) is 2.77. The van der Waals surface area contributed by atoms with Crippen LogP contribution in [0.15, 0.2) is 24.3 Å². The zero-order chi connectivity index (χ0) is 13.4. The smallest absolute Gasteiger partial charge is 0.243 e. The van der Waals surface area contributed by atoms with Crippen LogP contribution in [0.5, 0.6) is 11.5 Å². The van der Waals surface area contributed by atoms with E-state index in [0.717, 1.165) is 12.0 Å². The Bertz CT molecular complexity index is 427. The number of amides is 1. The van der Waals surface area contributed by atoms with Crippen LogP contribution in [0, 0.1) is 0 Å². The van der Waals surface area contributed by atoms with E-state index in [2.05, 4.69) is 5.32 Å². The van der Waals surface area contributed by atoms with E-state index in [0.29, 0.717) is 18.0 Å². The first-order chi connectivity index (χ1) is 8.71. The van der Waals surface area contributed by atoms with Crippen molar-refractivity contribution in [2.75, 3.05) is 20.8 Å². The lowest BCUT2D eigenvalue weighted by Gasteiger charge is -2.07. The summed E-state index contributed by atoms with van der Waals surface area (Å²) in [5.74, 6) is 1.23. The van der Waals surface area contributed by atoms with E-state index < -0.39 is 0 Å². The third-order valence-corrected chi connectivity index (χ3v) is 2.38. The molecule has 0 bridgehead atoms. The Kier molecular flexibility index (Phi) is 5.77. The molecule has 0 aliphatic heterocycles. The van der Waals surface area contributed by atoms with Gasteiger partial charge in [0.25, 0.3) is 0 Å². The molecule has 1 amide bonds. The second-order valence-electron chi connectivity index (χ2n) is 3.74. The van der Waals surface area contributed by atoms with E-state index >= 15 is 0 Å². The van der Waals surface area contributed by atoms with Crippen LogP contribution in [0.1, 0.15) is 18.9 Å². The molecular weight excluding hydrogens is 230 g/mol. The third-order valence-electron chi connectivity index (χ3n) is 2.38. The summed E-state index contributed by atoms with van der Waals surface area (Å²) in [6.07, 6.45) is 4.18. The lowest BCUT2D eigenvalue weighted by atomic mass is 10.2. The molecule has 98 valence electrons. The van der Waals surface area contributed by atoms with Crippen LogP contribution in [-0.4, -0.2) is 26.7 Å². The van der Waals surface area contributed by atoms with Crippen LogP contribution in [0.2, 0.25) is 0 Å². The van der Waals surface area contributed by atoms with Gasteiger partial charge in [-0.25, -0.2) is 0 Å². The summed E-state index contributed by atoms with van der Waals surface area (Å²) in [5.41, 5.74) is 0.888. The molecule has 0 unspecified atom stereocenters. The van der Waals surface area contributed by atoms with Crippen molar-refractivity contribution in [1.82, 2.24) is 5.32 Å². The molecule has 0 fully saturated rings. The number of nitrogens with one attached hydrogen (secondary N) is 1. The van der Waals surface area contributed by atoms with Gasteiger partial charge in [-0.05, 0) is 30.2 Å². The maximum Gasteiger partial charge on any atom is 0.243 e. The molecule has 4 nitrogen and oxygen atoms in total. The highest BCUT2D eigenvalue weighted by Gasteiger charge is 2.02. The third kappa shape index (κ3) is 4.13. The van der Waals surface area contributed by atoms with Crippen molar-refractivity contribution in [2.24, 2.45) is 0 Å². The Morgan fingerprint density at radius 2 is 2.00 bits per heavy atom. The summed E-state index contributed by atoms with van der Waals surface area (Å²) < 4.78 is 10.3. The van der Waals surface area contributed by atoms with E-state index in [1.54, 1.807) is 20.3 Å². The molecule has 0 heterocycles. The summed E-state index contributed by atoms with van der Waals surface area (Å²) >= 11 is 0. The molecule has 0 atom stereocenters. The van der Waals surface area contributed by atoms with E-state index in [-0.39, 0.29) is 5.91 Å². The summed E-state index contributed by atoms with van der Waals surface area (Å²) in [6, 6.07) is 5.50. The molecule has 0 saturated carbocycles. The number of benzene rings is 1. The Hall–Kier alpha value is -1.97. The van der Waals surface area contributed by atoms with Crippen molar-refractivity contribution in [3.05, 3.63) is 29.8 Å². The first-order valence-corrected chi connectivity index (χ1v) is 5.89. The number of hydrogen-bond donors (Lipinski definition) is 1. The van der Waals surface area contributed by atoms with Gasteiger partial charge in [0.2, 0.25) is 5.91 Å². The largest absolute Gasteiger partial charge is 0.493 e. The van der Waals surface area contributed by atoms with E-state index in [9.17, 15) is 4.79 Å². The predicted octanol–water partition coefficient (Wildman–Crippen LogP) is 2.24. The highest BCUT2D eigenvalue weighted by Crippen LogP contribution is 2.27. The summed E-state index contributed by atoms with van der Waals surface area (Å²) in [4.78, 5) is 11.4. The van der Waals surface area contributed by atoms with Crippen molar-refractivity contribution in [3.8, 4) is 11.5 Å². The minimum absolute atomic E-state index is 0.0911. The topological polar surface area (TPSA) is 47.6 Å².